The first kappa shape index (κ1) is 14.1. The van der Waals surface area contributed by atoms with E-state index in [-0.39, 0.29) is 0 Å². The molecule has 2 aromatic rings. The standard InChI is InChI=1S/C16H21ClN2/c1-13-4-3-5-14(8-13)9-15(10-17)6-7-16-11-18-19(2)12-16/h3-5,8,11-12,15H,6-7,9-10H2,1-2H3. The monoisotopic (exact) mass is 276 g/mol. The van der Waals surface area contributed by atoms with Gasteiger partial charge in [-0.15, -0.1) is 11.6 Å². The van der Waals surface area contributed by atoms with Crippen molar-refractivity contribution in [2.24, 2.45) is 13.0 Å². The van der Waals surface area contributed by atoms with E-state index in [0.717, 1.165) is 19.3 Å². The topological polar surface area (TPSA) is 17.8 Å². The van der Waals surface area contributed by atoms with Crippen LogP contribution in [0.3, 0.4) is 0 Å². The van der Waals surface area contributed by atoms with E-state index in [1.165, 1.54) is 16.7 Å². The summed E-state index contributed by atoms with van der Waals surface area (Å²) in [4.78, 5) is 0. The molecule has 0 aliphatic rings. The zero-order valence-corrected chi connectivity index (χ0v) is 12.4. The number of alkyl halides is 1. The number of rotatable bonds is 6. The second-order valence-electron chi connectivity index (χ2n) is 5.27. The molecule has 0 spiro atoms. The molecule has 102 valence electrons. The number of benzene rings is 1. The van der Waals surface area contributed by atoms with Crippen LogP contribution < -0.4 is 0 Å². The Labute approximate surface area is 120 Å². The lowest BCUT2D eigenvalue weighted by Crippen LogP contribution is -2.08. The lowest BCUT2D eigenvalue weighted by Gasteiger charge is -2.13. The van der Waals surface area contributed by atoms with Gasteiger partial charge in [0.05, 0.1) is 6.20 Å². The Hall–Kier alpha value is -1.28. The van der Waals surface area contributed by atoms with E-state index in [2.05, 4.69) is 42.5 Å². The first-order chi connectivity index (χ1) is 9.17. The predicted molar refractivity (Wildman–Crippen MR) is 80.6 cm³/mol. The Morgan fingerprint density at radius 3 is 2.79 bits per heavy atom. The van der Waals surface area contributed by atoms with E-state index in [1.807, 2.05) is 17.9 Å². The molecule has 1 heterocycles. The lowest BCUT2D eigenvalue weighted by molar-refractivity contribution is 0.536. The fraction of sp³-hybridized carbons (Fsp3) is 0.438. The van der Waals surface area contributed by atoms with Gasteiger partial charge in [0.1, 0.15) is 0 Å². The summed E-state index contributed by atoms with van der Waals surface area (Å²) >= 11 is 6.11. The van der Waals surface area contributed by atoms with Crippen LogP contribution >= 0.6 is 11.6 Å². The summed E-state index contributed by atoms with van der Waals surface area (Å²) in [5, 5.41) is 4.20. The smallest absolute Gasteiger partial charge is 0.0521 e. The predicted octanol–water partition coefficient (Wildman–Crippen LogP) is 3.76. The van der Waals surface area contributed by atoms with Crippen LogP contribution in [0.2, 0.25) is 0 Å². The maximum atomic E-state index is 6.11. The van der Waals surface area contributed by atoms with Gasteiger partial charge in [-0.2, -0.15) is 5.10 Å². The summed E-state index contributed by atoms with van der Waals surface area (Å²) in [7, 11) is 1.95. The first-order valence-electron chi connectivity index (χ1n) is 6.76. The third kappa shape index (κ3) is 4.39. The number of halogens is 1. The number of aryl methyl sites for hydroxylation is 3. The molecule has 0 bridgehead atoms. The molecule has 1 atom stereocenters. The van der Waals surface area contributed by atoms with Crippen molar-refractivity contribution in [3.63, 3.8) is 0 Å². The minimum atomic E-state index is 0.531. The Bertz CT molecular complexity index is 519. The maximum Gasteiger partial charge on any atom is 0.0521 e. The van der Waals surface area contributed by atoms with Crippen LogP contribution in [-0.4, -0.2) is 15.7 Å². The third-order valence-electron chi connectivity index (χ3n) is 3.42. The molecule has 1 unspecified atom stereocenters. The molecule has 1 aromatic carbocycles. The SMILES string of the molecule is Cc1cccc(CC(CCl)CCc2cnn(C)c2)c1. The fourth-order valence-corrected chi connectivity index (χ4v) is 2.64. The molecule has 2 nitrogen and oxygen atoms in total. The van der Waals surface area contributed by atoms with Crippen LogP contribution in [0.15, 0.2) is 36.7 Å². The summed E-state index contributed by atoms with van der Waals surface area (Å²) in [6, 6.07) is 8.70. The molecule has 0 fully saturated rings. The van der Waals surface area contributed by atoms with Crippen LogP contribution in [0.4, 0.5) is 0 Å². The summed E-state index contributed by atoms with van der Waals surface area (Å²) in [5.41, 5.74) is 4.00. The van der Waals surface area contributed by atoms with Gasteiger partial charge in [0.25, 0.3) is 0 Å². The zero-order chi connectivity index (χ0) is 13.7. The molecule has 3 heteroatoms. The lowest BCUT2D eigenvalue weighted by atomic mass is 9.94. The molecule has 0 saturated heterocycles. The van der Waals surface area contributed by atoms with Crippen molar-refractivity contribution in [3.8, 4) is 0 Å². The highest BCUT2D eigenvalue weighted by atomic mass is 35.5. The van der Waals surface area contributed by atoms with Gasteiger partial charge in [0.2, 0.25) is 0 Å². The molecule has 0 amide bonds. The zero-order valence-electron chi connectivity index (χ0n) is 11.6. The molecule has 2 rings (SSSR count). The van der Waals surface area contributed by atoms with E-state index >= 15 is 0 Å². The number of nitrogens with zero attached hydrogens (tertiary/aromatic N) is 2. The summed E-state index contributed by atoms with van der Waals surface area (Å²) < 4.78 is 1.85. The molecule has 0 aliphatic heterocycles. The highest BCUT2D eigenvalue weighted by Gasteiger charge is 2.09. The summed E-state index contributed by atoms with van der Waals surface area (Å²) in [5.74, 6) is 1.25. The molecule has 0 aliphatic carbocycles. The van der Waals surface area contributed by atoms with Crippen LogP contribution in [0, 0.1) is 12.8 Å². The Morgan fingerprint density at radius 1 is 1.32 bits per heavy atom. The van der Waals surface area contributed by atoms with E-state index in [4.69, 9.17) is 11.6 Å². The average molecular weight is 277 g/mol. The molecular weight excluding hydrogens is 256 g/mol. The third-order valence-corrected chi connectivity index (χ3v) is 3.86. The van der Waals surface area contributed by atoms with Gasteiger partial charge < -0.3 is 0 Å². The number of hydrogen-bond donors (Lipinski definition) is 0. The van der Waals surface area contributed by atoms with Crippen molar-refractivity contribution in [1.29, 1.82) is 0 Å². The average Bonchev–Trinajstić information content (AvgIpc) is 2.80. The van der Waals surface area contributed by atoms with E-state index in [1.54, 1.807) is 0 Å². The van der Waals surface area contributed by atoms with E-state index in [0.29, 0.717) is 11.8 Å². The number of hydrogen-bond acceptors (Lipinski definition) is 1. The van der Waals surface area contributed by atoms with Crippen molar-refractivity contribution in [1.82, 2.24) is 9.78 Å². The highest BCUT2D eigenvalue weighted by Crippen LogP contribution is 2.17. The molecule has 0 N–H and O–H groups in total. The Kier molecular flexibility index (Phi) is 5.03. The minimum absolute atomic E-state index is 0.531. The minimum Gasteiger partial charge on any atom is -0.276 e. The van der Waals surface area contributed by atoms with Gasteiger partial charge in [-0.05, 0) is 43.2 Å². The molecule has 0 saturated carbocycles. The van der Waals surface area contributed by atoms with Crippen LogP contribution in [-0.2, 0) is 19.9 Å². The quantitative estimate of drug-likeness (QED) is 0.735. The van der Waals surface area contributed by atoms with Crippen LogP contribution in [0.1, 0.15) is 23.1 Å². The van der Waals surface area contributed by atoms with Crippen molar-refractivity contribution in [2.45, 2.75) is 26.2 Å². The van der Waals surface area contributed by atoms with E-state index in [9.17, 15) is 0 Å². The van der Waals surface area contributed by atoms with Gasteiger partial charge in [-0.1, -0.05) is 29.8 Å². The van der Waals surface area contributed by atoms with Gasteiger partial charge in [0, 0.05) is 19.1 Å². The Balaban J connectivity index is 1.89. The second kappa shape index (κ2) is 6.76. The molecular formula is C16H21ClN2. The number of aromatic nitrogens is 2. The Morgan fingerprint density at radius 2 is 2.16 bits per heavy atom. The van der Waals surface area contributed by atoms with Gasteiger partial charge >= 0.3 is 0 Å². The van der Waals surface area contributed by atoms with Gasteiger partial charge in [0.15, 0.2) is 0 Å². The van der Waals surface area contributed by atoms with E-state index < -0.39 is 0 Å². The molecule has 0 radical (unpaired) electrons. The van der Waals surface area contributed by atoms with Crippen LogP contribution in [0.25, 0.3) is 0 Å². The second-order valence-corrected chi connectivity index (χ2v) is 5.58. The molecule has 19 heavy (non-hydrogen) atoms. The van der Waals surface area contributed by atoms with Gasteiger partial charge in [-0.25, -0.2) is 0 Å². The normalized spacial score (nSPS) is 12.6. The summed E-state index contributed by atoms with van der Waals surface area (Å²) in [6.07, 6.45) is 7.25. The molecule has 1 aromatic heterocycles. The first-order valence-corrected chi connectivity index (χ1v) is 7.30. The van der Waals surface area contributed by atoms with Gasteiger partial charge in [-0.3, -0.25) is 4.68 Å². The van der Waals surface area contributed by atoms with Crippen LogP contribution in [0.5, 0.6) is 0 Å². The van der Waals surface area contributed by atoms with Crippen molar-refractivity contribution >= 4 is 11.6 Å². The largest absolute Gasteiger partial charge is 0.276 e. The van der Waals surface area contributed by atoms with Crippen molar-refractivity contribution in [3.05, 3.63) is 53.3 Å². The van der Waals surface area contributed by atoms with Crippen molar-refractivity contribution < 1.29 is 0 Å². The summed E-state index contributed by atoms with van der Waals surface area (Å²) in [6.45, 7) is 2.13. The highest BCUT2D eigenvalue weighted by molar-refractivity contribution is 6.18. The fourth-order valence-electron chi connectivity index (χ4n) is 2.38. The maximum absolute atomic E-state index is 6.11. The van der Waals surface area contributed by atoms with Crippen molar-refractivity contribution in [2.75, 3.05) is 5.88 Å².